The van der Waals surface area contributed by atoms with Gasteiger partial charge in [0.15, 0.2) is 6.04 Å². The van der Waals surface area contributed by atoms with Crippen molar-refractivity contribution < 1.29 is 14.6 Å². The zero-order valence-electron chi connectivity index (χ0n) is 17.9. The Morgan fingerprint density at radius 2 is 1.77 bits per heavy atom. The van der Waals surface area contributed by atoms with E-state index in [1.54, 1.807) is 4.90 Å². The monoisotopic (exact) mass is 424 g/mol. The molecule has 1 aliphatic rings. The van der Waals surface area contributed by atoms with Gasteiger partial charge in [0.25, 0.3) is 5.91 Å². The van der Waals surface area contributed by atoms with Gasteiger partial charge in [0.05, 0.1) is 10.2 Å². The third-order valence-electron chi connectivity index (χ3n) is 6.23. The standard InChI is InChI=1S/C24H30N4OS/c1-3-27(17-20-9-5-4-6-10-20)24(29)19(2)28-15-13-26(14-16-28)18-23-25-21-11-7-8-12-22(21)30-23/h4-12,19H,3,13-18H2,1-2H3/p+2/t19-/m1/s1. The Morgan fingerprint density at radius 3 is 2.47 bits per heavy atom. The van der Waals surface area contributed by atoms with E-state index in [9.17, 15) is 4.79 Å². The van der Waals surface area contributed by atoms with Gasteiger partial charge < -0.3 is 14.7 Å². The largest absolute Gasteiger partial charge is 0.334 e. The molecular weight excluding hydrogens is 392 g/mol. The summed E-state index contributed by atoms with van der Waals surface area (Å²) in [4.78, 5) is 22.9. The second-order valence-electron chi connectivity index (χ2n) is 8.22. The van der Waals surface area contributed by atoms with Crippen molar-refractivity contribution in [2.24, 2.45) is 0 Å². The van der Waals surface area contributed by atoms with Crippen LogP contribution in [0.15, 0.2) is 54.6 Å². The minimum atomic E-state index is 0.0117. The van der Waals surface area contributed by atoms with Crippen LogP contribution in [-0.2, 0) is 17.9 Å². The van der Waals surface area contributed by atoms with Gasteiger partial charge in [-0.25, -0.2) is 4.98 Å². The summed E-state index contributed by atoms with van der Waals surface area (Å²) < 4.78 is 1.27. The van der Waals surface area contributed by atoms with Crippen LogP contribution < -0.4 is 9.80 Å². The molecule has 2 heterocycles. The summed E-state index contributed by atoms with van der Waals surface area (Å²) >= 11 is 1.81. The summed E-state index contributed by atoms with van der Waals surface area (Å²) in [7, 11) is 0. The van der Waals surface area contributed by atoms with Crippen molar-refractivity contribution >= 4 is 27.5 Å². The number of hydrogen-bond acceptors (Lipinski definition) is 3. The molecule has 1 amide bonds. The van der Waals surface area contributed by atoms with Crippen LogP contribution in [0, 0.1) is 0 Å². The highest BCUT2D eigenvalue weighted by molar-refractivity contribution is 7.18. The maximum atomic E-state index is 13.1. The van der Waals surface area contributed by atoms with Crippen molar-refractivity contribution in [2.75, 3.05) is 32.7 Å². The van der Waals surface area contributed by atoms with Crippen LogP contribution in [0.25, 0.3) is 10.2 Å². The maximum Gasteiger partial charge on any atom is 0.280 e. The Bertz CT molecular complexity index is 933. The average molecular weight is 425 g/mol. The lowest BCUT2D eigenvalue weighted by Crippen LogP contribution is -3.29. The molecule has 0 saturated carbocycles. The van der Waals surface area contributed by atoms with Gasteiger partial charge in [0.2, 0.25) is 0 Å². The lowest BCUT2D eigenvalue weighted by atomic mass is 10.1. The molecule has 1 aliphatic heterocycles. The average Bonchev–Trinajstić information content (AvgIpc) is 3.20. The number of carbonyl (C=O) groups excluding carboxylic acids is 1. The van der Waals surface area contributed by atoms with E-state index in [1.807, 2.05) is 34.4 Å². The van der Waals surface area contributed by atoms with Crippen molar-refractivity contribution in [1.29, 1.82) is 0 Å². The normalized spacial score (nSPS) is 20.2. The van der Waals surface area contributed by atoms with Gasteiger partial charge in [-0.1, -0.05) is 42.5 Å². The van der Waals surface area contributed by atoms with Crippen LogP contribution in [0.2, 0.25) is 0 Å². The lowest BCUT2D eigenvalue weighted by molar-refractivity contribution is -1.02. The molecule has 4 rings (SSSR count). The predicted molar refractivity (Wildman–Crippen MR) is 122 cm³/mol. The fourth-order valence-electron chi connectivity index (χ4n) is 4.34. The van der Waals surface area contributed by atoms with Crippen LogP contribution in [-0.4, -0.2) is 54.6 Å². The van der Waals surface area contributed by atoms with Crippen molar-refractivity contribution in [2.45, 2.75) is 33.0 Å². The van der Waals surface area contributed by atoms with Gasteiger partial charge in [0.1, 0.15) is 37.7 Å². The summed E-state index contributed by atoms with van der Waals surface area (Å²) in [5, 5.41) is 1.22. The lowest BCUT2D eigenvalue weighted by Gasteiger charge is -2.34. The van der Waals surface area contributed by atoms with Crippen molar-refractivity contribution in [3.63, 3.8) is 0 Å². The molecule has 1 aromatic heterocycles. The smallest absolute Gasteiger partial charge is 0.280 e. The SMILES string of the molecule is CCN(Cc1ccccc1)C(=O)[C@@H](C)[NH+]1CC[NH+](Cc2nc3ccccc3s2)CC1. The van der Waals surface area contributed by atoms with Gasteiger partial charge in [-0.2, -0.15) is 0 Å². The first-order valence-electron chi connectivity index (χ1n) is 11.0. The molecule has 0 radical (unpaired) electrons. The van der Waals surface area contributed by atoms with Gasteiger partial charge >= 0.3 is 0 Å². The van der Waals surface area contributed by atoms with E-state index in [4.69, 9.17) is 4.98 Å². The number of hydrogen-bond donors (Lipinski definition) is 2. The van der Waals surface area contributed by atoms with Crippen molar-refractivity contribution in [3.05, 3.63) is 65.2 Å². The van der Waals surface area contributed by atoms with E-state index < -0.39 is 0 Å². The van der Waals surface area contributed by atoms with Crippen LogP contribution in [0.5, 0.6) is 0 Å². The van der Waals surface area contributed by atoms with Gasteiger partial charge in [-0.15, -0.1) is 11.3 Å². The Morgan fingerprint density at radius 1 is 1.07 bits per heavy atom. The summed E-state index contributed by atoms with van der Waals surface area (Å²) in [6, 6.07) is 18.7. The molecule has 158 valence electrons. The molecule has 2 N–H and O–H groups in total. The second kappa shape index (κ2) is 9.69. The van der Waals surface area contributed by atoms with Gasteiger partial charge in [0, 0.05) is 13.1 Å². The quantitative estimate of drug-likeness (QED) is 0.595. The number of nitrogens with one attached hydrogen (secondary N) is 2. The number of rotatable bonds is 7. The highest BCUT2D eigenvalue weighted by atomic mass is 32.1. The third kappa shape index (κ3) is 4.89. The highest BCUT2D eigenvalue weighted by Gasteiger charge is 2.33. The molecule has 0 aliphatic carbocycles. The minimum Gasteiger partial charge on any atom is -0.334 e. The van der Waals surface area contributed by atoms with Crippen molar-refractivity contribution in [3.8, 4) is 0 Å². The van der Waals surface area contributed by atoms with E-state index in [-0.39, 0.29) is 11.9 Å². The van der Waals surface area contributed by atoms with Crippen LogP contribution >= 0.6 is 11.3 Å². The first-order valence-corrected chi connectivity index (χ1v) is 11.8. The van der Waals surface area contributed by atoms with E-state index >= 15 is 0 Å². The van der Waals surface area contributed by atoms with Gasteiger partial charge in [-0.05, 0) is 31.5 Å². The number of benzene rings is 2. The number of carbonyl (C=O) groups is 1. The predicted octanol–water partition coefficient (Wildman–Crippen LogP) is 1.02. The Labute approximate surface area is 182 Å². The molecule has 5 nitrogen and oxygen atoms in total. The van der Waals surface area contributed by atoms with Crippen LogP contribution in [0.1, 0.15) is 24.4 Å². The number of quaternary nitrogens is 2. The van der Waals surface area contributed by atoms with Crippen LogP contribution in [0.4, 0.5) is 0 Å². The number of aromatic nitrogens is 1. The topological polar surface area (TPSA) is 42.1 Å². The molecule has 30 heavy (non-hydrogen) atoms. The number of nitrogens with zero attached hydrogens (tertiary/aromatic N) is 2. The Hall–Kier alpha value is -2.28. The highest BCUT2D eigenvalue weighted by Crippen LogP contribution is 2.20. The summed E-state index contributed by atoms with van der Waals surface area (Å²) in [6.07, 6.45) is 0. The Kier molecular flexibility index (Phi) is 6.77. The van der Waals surface area contributed by atoms with Crippen LogP contribution in [0.3, 0.4) is 0 Å². The zero-order valence-corrected chi connectivity index (χ0v) is 18.8. The molecular formula is C24H32N4OS+2. The number of amides is 1. The first kappa shape index (κ1) is 21.0. The fourth-order valence-corrected chi connectivity index (χ4v) is 5.38. The molecule has 3 aromatic rings. The van der Waals surface area contributed by atoms with E-state index in [1.165, 1.54) is 20.2 Å². The molecule has 0 spiro atoms. The third-order valence-corrected chi connectivity index (χ3v) is 7.27. The summed E-state index contributed by atoms with van der Waals surface area (Å²) in [6.45, 7) is 10.9. The molecule has 1 atom stereocenters. The number of thiazole rings is 1. The summed E-state index contributed by atoms with van der Waals surface area (Å²) in [5.74, 6) is 0.269. The molecule has 0 bridgehead atoms. The van der Waals surface area contributed by atoms with Gasteiger partial charge in [-0.3, -0.25) is 4.79 Å². The number of para-hydroxylation sites is 1. The molecule has 1 fully saturated rings. The number of fused-ring (bicyclic) bond motifs is 1. The van der Waals surface area contributed by atoms with E-state index in [2.05, 4.69) is 50.2 Å². The fraction of sp³-hybridized carbons (Fsp3) is 0.417. The van der Waals surface area contributed by atoms with Crippen molar-refractivity contribution in [1.82, 2.24) is 9.88 Å². The molecule has 1 saturated heterocycles. The molecule has 0 unspecified atom stereocenters. The second-order valence-corrected chi connectivity index (χ2v) is 9.34. The molecule has 6 heteroatoms. The van der Waals surface area contributed by atoms with E-state index in [0.29, 0.717) is 6.54 Å². The molecule has 2 aromatic carbocycles. The minimum absolute atomic E-state index is 0.0117. The first-order chi connectivity index (χ1) is 14.6. The zero-order chi connectivity index (χ0) is 20.9. The maximum absolute atomic E-state index is 13.1. The Balaban J connectivity index is 1.30. The number of piperazine rings is 1. The summed E-state index contributed by atoms with van der Waals surface area (Å²) in [5.41, 5.74) is 2.30. The van der Waals surface area contributed by atoms with E-state index in [0.717, 1.165) is 44.8 Å². The number of likely N-dealkylation sites (N-methyl/N-ethyl adjacent to an activating group) is 1.